The lowest BCUT2D eigenvalue weighted by molar-refractivity contribution is -0.384. The second-order valence-corrected chi connectivity index (χ2v) is 10.5. The molecule has 3 amide bonds. The maximum atomic E-state index is 13.5. The quantitative estimate of drug-likeness (QED) is 0.204. The number of carbonyl (C=O) groups is 4. The van der Waals surface area contributed by atoms with Crippen molar-refractivity contribution in [2.75, 3.05) is 16.8 Å². The number of fused-ring (bicyclic) bond motifs is 5. The van der Waals surface area contributed by atoms with Crippen molar-refractivity contribution < 1.29 is 28.8 Å². The molecule has 1 N–H and O–H groups in total. The van der Waals surface area contributed by atoms with E-state index in [0.717, 1.165) is 12.8 Å². The number of nitro groups is 1. The van der Waals surface area contributed by atoms with Crippen LogP contribution in [0.2, 0.25) is 0 Å². The summed E-state index contributed by atoms with van der Waals surface area (Å²) in [4.78, 5) is 63.1. The van der Waals surface area contributed by atoms with E-state index in [1.54, 1.807) is 0 Å². The molecular weight excluding hydrogens is 514 g/mol. The highest BCUT2D eigenvalue weighted by molar-refractivity contribution is 6.22. The van der Waals surface area contributed by atoms with Crippen molar-refractivity contribution in [2.24, 2.45) is 23.7 Å². The molecule has 10 nitrogen and oxygen atoms in total. The van der Waals surface area contributed by atoms with Crippen LogP contribution in [0.1, 0.15) is 34.7 Å². The average molecular weight is 540 g/mol. The molecule has 6 rings (SSSR count). The lowest BCUT2D eigenvalue weighted by Crippen LogP contribution is -2.33. The lowest BCUT2D eigenvalue weighted by Gasteiger charge is -2.28. The average Bonchev–Trinajstić information content (AvgIpc) is 3.63. The molecule has 3 aliphatic rings. The molecule has 2 bridgehead atoms. The highest BCUT2D eigenvalue weighted by Crippen LogP contribution is 2.61. The summed E-state index contributed by atoms with van der Waals surface area (Å²) < 4.78 is 5.07. The van der Waals surface area contributed by atoms with Crippen LogP contribution >= 0.6 is 0 Å². The topological polar surface area (TPSA) is 136 Å². The molecule has 3 fully saturated rings. The summed E-state index contributed by atoms with van der Waals surface area (Å²) in [7, 11) is 0. The van der Waals surface area contributed by atoms with Crippen molar-refractivity contribution in [3.63, 3.8) is 0 Å². The van der Waals surface area contributed by atoms with Crippen molar-refractivity contribution in [3.8, 4) is 0 Å². The van der Waals surface area contributed by atoms with Crippen LogP contribution in [0.3, 0.4) is 0 Å². The number of nitrogens with zero attached hydrogens (tertiary/aromatic N) is 2. The first kappa shape index (κ1) is 25.4. The number of esters is 1. The Balaban J connectivity index is 1.09. The Morgan fingerprint density at radius 1 is 0.925 bits per heavy atom. The smallest absolute Gasteiger partial charge is 0.338 e. The van der Waals surface area contributed by atoms with Crippen molar-refractivity contribution in [1.29, 1.82) is 0 Å². The number of nitro benzene ring substituents is 1. The Hall–Kier alpha value is -4.86. The third-order valence-electron chi connectivity index (χ3n) is 8.28. The molecule has 3 aromatic carbocycles. The van der Waals surface area contributed by atoms with Gasteiger partial charge in [0.15, 0.2) is 6.61 Å². The molecule has 0 unspecified atom stereocenters. The van der Waals surface area contributed by atoms with Crippen LogP contribution < -0.4 is 10.2 Å². The van der Waals surface area contributed by atoms with Gasteiger partial charge in [-0.15, -0.1) is 0 Å². The fourth-order valence-corrected chi connectivity index (χ4v) is 6.65. The third-order valence-corrected chi connectivity index (χ3v) is 8.28. The fraction of sp³-hybridized carbons (Fsp3) is 0.267. The number of imide groups is 1. The number of hydrogen-bond acceptors (Lipinski definition) is 7. The Morgan fingerprint density at radius 3 is 2.38 bits per heavy atom. The zero-order valence-electron chi connectivity index (χ0n) is 21.3. The molecule has 202 valence electrons. The molecular formula is C30H25N3O7. The summed E-state index contributed by atoms with van der Waals surface area (Å²) in [5, 5.41) is 13.3. The molecule has 2 saturated carbocycles. The number of anilines is 2. The van der Waals surface area contributed by atoms with Crippen LogP contribution in [-0.2, 0) is 19.1 Å². The first-order valence-electron chi connectivity index (χ1n) is 13.1. The minimum Gasteiger partial charge on any atom is -0.452 e. The number of benzene rings is 3. The van der Waals surface area contributed by atoms with E-state index in [1.165, 1.54) is 59.0 Å². The van der Waals surface area contributed by atoms with Crippen molar-refractivity contribution in [2.45, 2.75) is 18.8 Å². The third kappa shape index (κ3) is 4.41. The van der Waals surface area contributed by atoms with Gasteiger partial charge in [-0.3, -0.25) is 29.4 Å². The number of hydrogen-bond donors (Lipinski definition) is 1. The summed E-state index contributed by atoms with van der Waals surface area (Å²) in [6.07, 6.45) is 1.79. The van der Waals surface area contributed by atoms with Gasteiger partial charge in [-0.1, -0.05) is 36.4 Å². The fourth-order valence-electron chi connectivity index (χ4n) is 6.65. The lowest BCUT2D eigenvalue weighted by atomic mass is 9.73. The van der Waals surface area contributed by atoms with Crippen LogP contribution in [0.5, 0.6) is 0 Å². The number of amides is 3. The maximum Gasteiger partial charge on any atom is 0.338 e. The van der Waals surface area contributed by atoms with Crippen LogP contribution in [0, 0.1) is 33.8 Å². The van der Waals surface area contributed by atoms with Gasteiger partial charge in [0.1, 0.15) is 0 Å². The molecule has 5 atom stereocenters. The van der Waals surface area contributed by atoms with Gasteiger partial charge in [0.25, 0.3) is 11.6 Å². The monoisotopic (exact) mass is 539 g/mol. The SMILES string of the molecule is O=C(COC(=O)c1ccc(N2C(=O)[C@@H]3[C@@H]4C[C@@H]([C@H]3C2=O)[C@@H](c2ccccc2)C4)cc1)Nc1cccc([N+](=O)[O-])c1. The summed E-state index contributed by atoms with van der Waals surface area (Å²) in [5.41, 5.74) is 1.79. The highest BCUT2D eigenvalue weighted by Gasteiger charge is 2.64. The predicted octanol–water partition coefficient (Wildman–Crippen LogP) is 4.32. The summed E-state index contributed by atoms with van der Waals surface area (Å²) in [6.45, 7) is -0.596. The van der Waals surface area contributed by atoms with E-state index in [4.69, 9.17) is 4.74 Å². The second kappa shape index (κ2) is 10.0. The molecule has 40 heavy (non-hydrogen) atoms. The Bertz CT molecular complexity index is 1520. The van der Waals surface area contributed by atoms with Gasteiger partial charge >= 0.3 is 5.97 Å². The van der Waals surface area contributed by atoms with E-state index in [2.05, 4.69) is 17.4 Å². The Kier molecular flexibility index (Phi) is 6.37. The normalized spacial score (nSPS) is 24.6. The Morgan fingerprint density at radius 2 is 1.65 bits per heavy atom. The van der Waals surface area contributed by atoms with Gasteiger partial charge in [-0.2, -0.15) is 0 Å². The molecule has 1 heterocycles. The highest BCUT2D eigenvalue weighted by atomic mass is 16.6. The van der Waals surface area contributed by atoms with Gasteiger partial charge in [0, 0.05) is 17.8 Å². The minimum absolute atomic E-state index is 0.140. The van der Waals surface area contributed by atoms with E-state index in [9.17, 15) is 29.3 Å². The number of carbonyl (C=O) groups excluding carboxylic acids is 4. The predicted molar refractivity (Wildman–Crippen MR) is 143 cm³/mol. The molecule has 0 spiro atoms. The summed E-state index contributed by atoms with van der Waals surface area (Å²) >= 11 is 0. The van der Waals surface area contributed by atoms with Gasteiger partial charge in [0.05, 0.1) is 28.0 Å². The zero-order valence-corrected chi connectivity index (χ0v) is 21.3. The van der Waals surface area contributed by atoms with Crippen LogP contribution in [0.15, 0.2) is 78.9 Å². The van der Waals surface area contributed by atoms with Gasteiger partial charge < -0.3 is 10.1 Å². The molecule has 2 aliphatic carbocycles. The van der Waals surface area contributed by atoms with E-state index < -0.39 is 23.4 Å². The zero-order chi connectivity index (χ0) is 28.0. The maximum absolute atomic E-state index is 13.5. The second-order valence-electron chi connectivity index (χ2n) is 10.5. The first-order chi connectivity index (χ1) is 19.3. The van der Waals surface area contributed by atoms with E-state index in [1.807, 2.05) is 18.2 Å². The number of nitrogens with one attached hydrogen (secondary N) is 1. The van der Waals surface area contributed by atoms with Crippen LogP contribution in [0.25, 0.3) is 0 Å². The molecule has 1 aliphatic heterocycles. The first-order valence-corrected chi connectivity index (χ1v) is 13.1. The summed E-state index contributed by atoms with van der Waals surface area (Å²) in [5.74, 6) is -1.81. The van der Waals surface area contributed by atoms with Gasteiger partial charge in [0.2, 0.25) is 11.8 Å². The van der Waals surface area contributed by atoms with Crippen molar-refractivity contribution >= 4 is 40.8 Å². The van der Waals surface area contributed by atoms with E-state index in [0.29, 0.717) is 5.69 Å². The molecule has 3 aromatic rings. The van der Waals surface area contributed by atoms with Crippen molar-refractivity contribution in [3.05, 3.63) is 100 Å². The summed E-state index contributed by atoms with van der Waals surface area (Å²) in [6, 6.07) is 21.5. The Labute approximate surface area is 229 Å². The van der Waals surface area contributed by atoms with Crippen molar-refractivity contribution in [1.82, 2.24) is 0 Å². The number of rotatable bonds is 7. The van der Waals surface area contributed by atoms with E-state index >= 15 is 0 Å². The minimum atomic E-state index is -0.763. The largest absolute Gasteiger partial charge is 0.452 e. The molecule has 10 heteroatoms. The van der Waals surface area contributed by atoms with E-state index in [-0.39, 0.29) is 58.3 Å². The standard InChI is InChI=1S/C30H25N3O7/c34-25(31-20-7-4-8-22(15-20)33(38)39)16-40-30(37)18-9-11-21(12-10-18)32-28(35)26-19-13-23(17-5-2-1-3-6-17)24(14-19)27(26)29(32)36/h1-12,15,19,23-24,26-27H,13-14,16H2,(H,31,34)/t19-,23+,24+,26+,27+/m0/s1. The van der Waals surface area contributed by atoms with Gasteiger partial charge in [-0.25, -0.2) is 4.79 Å². The molecule has 0 radical (unpaired) electrons. The molecule has 1 saturated heterocycles. The van der Waals surface area contributed by atoms with Crippen LogP contribution in [0.4, 0.5) is 17.1 Å². The molecule has 0 aromatic heterocycles. The van der Waals surface area contributed by atoms with Gasteiger partial charge in [-0.05, 0) is 66.5 Å². The van der Waals surface area contributed by atoms with Crippen LogP contribution in [-0.4, -0.2) is 35.2 Å². The number of non-ortho nitro benzene ring substituents is 1. The number of ether oxygens (including phenoxy) is 1.